The molecule has 1 fully saturated rings. The molecule has 3 heterocycles. The summed E-state index contributed by atoms with van der Waals surface area (Å²) in [6.07, 6.45) is -1.63. The van der Waals surface area contributed by atoms with E-state index in [1.54, 1.807) is 11.1 Å². The van der Waals surface area contributed by atoms with Gasteiger partial charge < -0.3 is 9.80 Å². The summed E-state index contributed by atoms with van der Waals surface area (Å²) in [5.74, 6) is 0.908. The predicted molar refractivity (Wildman–Crippen MR) is 71.4 cm³/mol. The molecule has 0 saturated carbocycles. The van der Waals surface area contributed by atoms with E-state index in [1.165, 1.54) is 0 Å². The van der Waals surface area contributed by atoms with Gasteiger partial charge in [0.2, 0.25) is 5.95 Å². The first kappa shape index (κ1) is 14.0. The van der Waals surface area contributed by atoms with Crippen molar-refractivity contribution in [3.05, 3.63) is 24.2 Å². The highest BCUT2D eigenvalue weighted by molar-refractivity contribution is 6.99. The summed E-state index contributed by atoms with van der Waals surface area (Å²) in [7, 11) is 0. The van der Waals surface area contributed by atoms with Crippen molar-refractivity contribution in [3.63, 3.8) is 0 Å². The van der Waals surface area contributed by atoms with E-state index in [9.17, 15) is 13.2 Å². The van der Waals surface area contributed by atoms with Crippen LogP contribution in [0.2, 0.25) is 0 Å². The van der Waals surface area contributed by atoms with Crippen LogP contribution in [0, 0.1) is 0 Å². The van der Waals surface area contributed by atoms with Crippen molar-refractivity contribution >= 4 is 23.5 Å². The van der Waals surface area contributed by atoms with Crippen LogP contribution in [0.5, 0.6) is 0 Å². The highest BCUT2D eigenvalue weighted by Crippen LogP contribution is 2.28. The third-order valence-electron chi connectivity index (χ3n) is 3.17. The molecule has 0 amide bonds. The number of rotatable bonds is 2. The van der Waals surface area contributed by atoms with Crippen LogP contribution in [0.3, 0.4) is 0 Å². The maximum Gasteiger partial charge on any atom is 0.433 e. The summed E-state index contributed by atoms with van der Waals surface area (Å²) < 4.78 is 46.0. The zero-order chi connectivity index (χ0) is 14.9. The Kier molecular flexibility index (Phi) is 3.62. The van der Waals surface area contributed by atoms with Crippen LogP contribution in [0.1, 0.15) is 5.69 Å². The van der Waals surface area contributed by atoms with Gasteiger partial charge in [-0.05, 0) is 6.07 Å². The lowest BCUT2D eigenvalue weighted by Crippen LogP contribution is -2.47. The molecular formula is C11H11F3N6S. The largest absolute Gasteiger partial charge is 0.433 e. The smallest absolute Gasteiger partial charge is 0.351 e. The van der Waals surface area contributed by atoms with Crippen molar-refractivity contribution < 1.29 is 13.2 Å². The Balaban J connectivity index is 1.70. The van der Waals surface area contributed by atoms with Crippen LogP contribution < -0.4 is 9.80 Å². The molecule has 6 nitrogen and oxygen atoms in total. The minimum atomic E-state index is -4.45. The van der Waals surface area contributed by atoms with Crippen molar-refractivity contribution in [2.24, 2.45) is 0 Å². The van der Waals surface area contributed by atoms with Gasteiger partial charge in [0.1, 0.15) is 5.69 Å². The van der Waals surface area contributed by atoms with Gasteiger partial charge in [0.15, 0.2) is 5.82 Å². The van der Waals surface area contributed by atoms with Gasteiger partial charge in [0, 0.05) is 32.4 Å². The first-order valence-corrected chi connectivity index (χ1v) is 6.95. The van der Waals surface area contributed by atoms with Crippen LogP contribution in [0.25, 0.3) is 0 Å². The lowest BCUT2D eigenvalue weighted by Gasteiger charge is -2.34. The quantitative estimate of drug-likeness (QED) is 0.840. The van der Waals surface area contributed by atoms with Crippen LogP contribution in [0.15, 0.2) is 18.5 Å². The molecule has 0 radical (unpaired) electrons. The highest BCUT2D eigenvalue weighted by atomic mass is 32.1. The number of nitrogens with zero attached hydrogens (tertiary/aromatic N) is 6. The molecule has 1 aliphatic heterocycles. The van der Waals surface area contributed by atoms with Gasteiger partial charge in [-0.1, -0.05) is 0 Å². The summed E-state index contributed by atoms with van der Waals surface area (Å²) in [4.78, 5) is 11.3. The van der Waals surface area contributed by atoms with Crippen molar-refractivity contribution in [1.82, 2.24) is 18.7 Å². The topological polar surface area (TPSA) is 58.0 Å². The van der Waals surface area contributed by atoms with E-state index in [0.29, 0.717) is 26.2 Å². The molecule has 21 heavy (non-hydrogen) atoms. The van der Waals surface area contributed by atoms with Crippen molar-refractivity contribution in [3.8, 4) is 0 Å². The highest BCUT2D eigenvalue weighted by Gasteiger charge is 2.33. The van der Waals surface area contributed by atoms with E-state index in [2.05, 4.69) is 18.7 Å². The van der Waals surface area contributed by atoms with Gasteiger partial charge in [-0.2, -0.15) is 21.9 Å². The zero-order valence-electron chi connectivity index (χ0n) is 10.8. The van der Waals surface area contributed by atoms with E-state index in [4.69, 9.17) is 0 Å². The SMILES string of the molecule is FC(F)(F)c1ccnc(N2CCN(c3cnsn3)CC2)n1. The summed E-state index contributed by atoms with van der Waals surface area (Å²) >= 11 is 1.13. The molecule has 112 valence electrons. The molecule has 0 unspecified atom stereocenters. The van der Waals surface area contributed by atoms with Gasteiger partial charge in [-0.3, -0.25) is 0 Å². The fraction of sp³-hybridized carbons (Fsp3) is 0.455. The normalized spacial score (nSPS) is 16.3. The molecule has 0 atom stereocenters. The number of halogens is 3. The van der Waals surface area contributed by atoms with Crippen LogP contribution in [-0.4, -0.2) is 44.9 Å². The molecule has 0 aliphatic carbocycles. The number of hydrogen-bond acceptors (Lipinski definition) is 7. The molecule has 2 aromatic heterocycles. The molecule has 1 saturated heterocycles. The third kappa shape index (κ3) is 3.04. The maximum atomic E-state index is 12.7. The van der Waals surface area contributed by atoms with Crippen LogP contribution in [-0.2, 0) is 6.18 Å². The fourth-order valence-electron chi connectivity index (χ4n) is 2.09. The minimum absolute atomic E-state index is 0.112. The molecule has 0 spiro atoms. The monoisotopic (exact) mass is 316 g/mol. The number of hydrogen-bond donors (Lipinski definition) is 0. The van der Waals surface area contributed by atoms with Gasteiger partial charge in [0.25, 0.3) is 0 Å². The Morgan fingerprint density at radius 1 is 1.10 bits per heavy atom. The third-order valence-corrected chi connectivity index (χ3v) is 3.64. The average molecular weight is 316 g/mol. The number of alkyl halides is 3. The molecule has 10 heteroatoms. The van der Waals surface area contributed by atoms with Gasteiger partial charge in [-0.15, -0.1) is 0 Å². The molecule has 0 N–H and O–H groups in total. The second kappa shape index (κ2) is 5.43. The summed E-state index contributed by atoms with van der Waals surface area (Å²) in [5, 5.41) is 0. The lowest BCUT2D eigenvalue weighted by atomic mass is 10.3. The Hall–Kier alpha value is -1.97. The lowest BCUT2D eigenvalue weighted by molar-refractivity contribution is -0.141. The van der Waals surface area contributed by atoms with Crippen molar-refractivity contribution in [2.75, 3.05) is 36.0 Å². The molecule has 0 bridgehead atoms. The second-order valence-electron chi connectivity index (χ2n) is 4.48. The Labute approximate surface area is 122 Å². The molecule has 0 aromatic carbocycles. The standard InChI is InChI=1S/C11H11F3N6S/c12-11(13,14)8-1-2-15-10(17-8)20-5-3-19(4-6-20)9-7-16-21-18-9/h1-2,7H,3-6H2. The molecular weight excluding hydrogens is 305 g/mol. The van der Waals surface area contributed by atoms with Gasteiger partial charge in [-0.25, -0.2) is 9.97 Å². The van der Waals surface area contributed by atoms with Crippen LogP contribution in [0.4, 0.5) is 24.9 Å². The average Bonchev–Trinajstić information content (AvgIpc) is 3.01. The van der Waals surface area contributed by atoms with Crippen LogP contribution >= 0.6 is 11.7 Å². The summed E-state index contributed by atoms with van der Waals surface area (Å²) in [6.45, 7) is 2.37. The van der Waals surface area contributed by atoms with E-state index < -0.39 is 11.9 Å². The van der Waals surface area contributed by atoms with Gasteiger partial charge in [0.05, 0.1) is 17.9 Å². The number of anilines is 2. The minimum Gasteiger partial charge on any atom is -0.351 e. The summed E-state index contributed by atoms with van der Waals surface area (Å²) in [5.41, 5.74) is -0.918. The number of aromatic nitrogens is 4. The number of piperazine rings is 1. The fourth-order valence-corrected chi connectivity index (χ4v) is 2.53. The van der Waals surface area contributed by atoms with Crippen molar-refractivity contribution in [2.45, 2.75) is 6.18 Å². The van der Waals surface area contributed by atoms with Crippen molar-refractivity contribution in [1.29, 1.82) is 0 Å². The maximum absolute atomic E-state index is 12.7. The molecule has 1 aliphatic rings. The van der Waals surface area contributed by atoms with E-state index in [-0.39, 0.29) is 5.95 Å². The zero-order valence-corrected chi connectivity index (χ0v) is 11.6. The first-order valence-electron chi connectivity index (χ1n) is 6.22. The Morgan fingerprint density at radius 2 is 1.81 bits per heavy atom. The van der Waals surface area contributed by atoms with E-state index in [1.807, 2.05) is 4.90 Å². The van der Waals surface area contributed by atoms with Gasteiger partial charge >= 0.3 is 6.18 Å². The Bertz CT molecular complexity index is 594. The predicted octanol–water partition coefficient (Wildman–Crippen LogP) is 1.67. The first-order chi connectivity index (χ1) is 10.0. The molecule has 3 rings (SSSR count). The Morgan fingerprint density at radius 3 is 2.43 bits per heavy atom. The second-order valence-corrected chi connectivity index (χ2v) is 5.04. The van der Waals surface area contributed by atoms with E-state index >= 15 is 0 Å². The summed E-state index contributed by atoms with van der Waals surface area (Å²) in [6, 6.07) is 0.876. The van der Waals surface area contributed by atoms with E-state index in [0.717, 1.165) is 29.8 Å². The molecule has 2 aromatic rings.